The second-order valence-electron chi connectivity index (χ2n) is 30.2. The van der Waals surface area contributed by atoms with Crippen molar-refractivity contribution in [3.63, 3.8) is 0 Å². The lowest BCUT2D eigenvalue weighted by Gasteiger charge is -2.12. The molecule has 0 bridgehead atoms. The zero-order chi connectivity index (χ0) is 80.8. The molecule has 7 heterocycles. The Hall–Kier alpha value is -15.9. The van der Waals surface area contributed by atoms with E-state index in [0.717, 1.165) is 159 Å². The lowest BCUT2D eigenvalue weighted by Crippen LogP contribution is -2.00. The fraction of sp³-hybridized carbons (Fsp3) is 0. The van der Waals surface area contributed by atoms with Crippen molar-refractivity contribution in [3.05, 3.63) is 413 Å². The minimum Gasteiger partial charge on any atom is -0.253 e. The summed E-state index contributed by atoms with van der Waals surface area (Å²) in [5.74, 6) is 1.87. The molecule has 0 radical (unpaired) electrons. The second kappa shape index (κ2) is 31.5. The van der Waals surface area contributed by atoms with Crippen LogP contribution in [0.4, 0.5) is 0 Å². The third-order valence-corrected chi connectivity index (χ3v) is 24.9. The lowest BCUT2D eigenvalue weighted by atomic mass is 9.95. The van der Waals surface area contributed by atoms with E-state index in [-0.39, 0.29) is 0 Å². The van der Waals surface area contributed by atoms with E-state index in [1.807, 2.05) is 72.9 Å². The predicted molar refractivity (Wildman–Crippen MR) is 505 cm³/mol. The topological polar surface area (TPSA) is 129 Å². The molecule has 7 aromatic heterocycles. The molecule has 10 nitrogen and oxygen atoms in total. The third-order valence-electron chi connectivity index (χ3n) is 22.7. The van der Waals surface area contributed by atoms with Gasteiger partial charge in [-0.15, -0.1) is 32.9 Å². The summed E-state index contributed by atoms with van der Waals surface area (Å²) in [6, 6.07) is 142. The van der Waals surface area contributed by atoms with E-state index in [9.17, 15) is 0 Å². The maximum absolute atomic E-state index is 5.16. The van der Waals surface area contributed by atoms with Crippen molar-refractivity contribution in [3.8, 4) is 157 Å². The molecule has 23 rings (SSSR count). The molecule has 0 aliphatic carbocycles. The van der Waals surface area contributed by atoms with E-state index < -0.39 is 0 Å². The van der Waals surface area contributed by atoms with Crippen molar-refractivity contribution in [1.29, 1.82) is 0 Å². The Labute approximate surface area is 711 Å². The Morgan fingerprint density at radius 2 is 0.541 bits per heavy atom. The molecule has 16 aromatic carbocycles. The Bertz CT molecular complexity index is 7770. The summed E-state index contributed by atoms with van der Waals surface area (Å²) in [7, 11) is 0. The van der Waals surface area contributed by atoms with Gasteiger partial charge in [0.15, 0.2) is 17.5 Å². The Morgan fingerprint density at radius 1 is 0.180 bits per heavy atom. The first-order valence-corrected chi connectivity index (χ1v) is 42.2. The van der Waals surface area contributed by atoms with Crippen LogP contribution in [0.1, 0.15) is 0 Å². The van der Waals surface area contributed by atoms with Crippen LogP contribution in [0, 0.1) is 0 Å². The molecule has 0 fully saturated rings. The second-order valence-corrected chi connectivity index (χ2v) is 32.3. The average Bonchev–Trinajstić information content (AvgIpc) is 1.58. The number of hydrogen-bond acceptors (Lipinski definition) is 12. The van der Waals surface area contributed by atoms with Crippen LogP contribution in [0.3, 0.4) is 0 Å². The minimum atomic E-state index is 0.619. The summed E-state index contributed by atoms with van der Waals surface area (Å²) in [6.07, 6.45) is 1.81. The summed E-state index contributed by atoms with van der Waals surface area (Å²) >= 11 is 3.42. The van der Waals surface area contributed by atoms with Gasteiger partial charge in [-0.3, -0.25) is 4.98 Å². The Morgan fingerprint density at radius 3 is 1.02 bits per heavy atom. The molecule has 0 atom stereocenters. The van der Waals surface area contributed by atoms with Crippen LogP contribution in [0.25, 0.3) is 231 Å². The van der Waals surface area contributed by atoms with Gasteiger partial charge in [-0.2, -0.15) is 0 Å². The summed E-state index contributed by atoms with van der Waals surface area (Å²) in [5, 5.41) is 11.4. The van der Waals surface area contributed by atoms with Gasteiger partial charge in [0, 0.05) is 55.0 Å². The highest BCUT2D eigenvalue weighted by molar-refractivity contribution is 7.26. The van der Waals surface area contributed by atoms with Gasteiger partial charge < -0.3 is 0 Å². The van der Waals surface area contributed by atoms with E-state index in [1.165, 1.54) is 53.9 Å². The number of thiophene rings is 2. The van der Waals surface area contributed by atoms with Crippen LogP contribution >= 0.6 is 22.7 Å². The van der Waals surface area contributed by atoms with Gasteiger partial charge in [-0.1, -0.05) is 346 Å². The molecular weight excluding hydrogens is 1530 g/mol. The van der Waals surface area contributed by atoms with Gasteiger partial charge in [-0.25, -0.2) is 34.9 Å². The smallest absolute Gasteiger partial charge is 0.164 e. The van der Waals surface area contributed by atoms with Crippen molar-refractivity contribution in [1.82, 2.24) is 50.1 Å². The number of fused-ring (bicyclic) bond motifs is 10. The molecule has 0 saturated heterocycles. The SMILES string of the molecule is c1ccc(-c2ccc(-c3nc(-c4ccc(-c5ccccc5)cc4)nc(-c4ccc(-c5ccc(-c6cccc(-c7cccc8nc9c(nc78)sc7cccnc79)c6)cc5)cc4)n3)cc2)cc1.c1ccc(-c2ccc(-c3nc4ccccc4nc3-c3ccc(-c4cccc(-c5ccc(-c6ccc7sc8c9ccccc9nnc8c7c6)cc5)c4)cc3)cc2)cc1. The number of pyridine rings is 1. The molecule has 0 amide bonds. The Balaban J connectivity index is 0.000000147. The summed E-state index contributed by atoms with van der Waals surface area (Å²) in [5.41, 5.74) is 34.4. The zero-order valence-electron chi connectivity index (χ0n) is 65.5. The van der Waals surface area contributed by atoms with Crippen molar-refractivity contribution in [2.45, 2.75) is 0 Å². The van der Waals surface area contributed by atoms with Crippen LogP contribution in [0.15, 0.2) is 413 Å². The molecule has 12 heteroatoms. The first-order chi connectivity index (χ1) is 60.4. The van der Waals surface area contributed by atoms with Crippen molar-refractivity contribution in [2.24, 2.45) is 0 Å². The third kappa shape index (κ3) is 14.2. The summed E-state index contributed by atoms with van der Waals surface area (Å²) < 4.78 is 3.50. The lowest BCUT2D eigenvalue weighted by molar-refractivity contribution is 1.07. The Kier molecular flexibility index (Phi) is 18.8. The standard InChI is InChI=1S/C58H36N6S.C52H32N4S/c1-3-10-37(11-4-1)39-23-29-44(30-24-39)55-62-56(45-31-25-40(26-32-45)38-12-5-2-6-13-38)64-57(63-55)46-33-27-42(28-34-46)41-19-21-43(22-20-41)47-14-7-15-48(36-47)49-16-8-17-50-52(49)61-58-54(60-50)53-51(65-58)18-9-35-59-53;1-2-9-33(10-3-1)34-21-25-38(26-22-34)49-50(54-47-16-7-6-15-46(47)53-49)39-27-23-36(24-28-39)41-12-8-11-40(31-41)35-17-19-37(20-18-35)42-29-30-48-44(32-42)51-52(57-48)43-13-4-5-14-45(43)55-56-51/h1-36H;1-32H. The van der Waals surface area contributed by atoms with E-state index >= 15 is 0 Å². The normalized spacial score (nSPS) is 11.4. The summed E-state index contributed by atoms with van der Waals surface area (Å²) in [4.78, 5) is 41.1. The van der Waals surface area contributed by atoms with Crippen LogP contribution in [-0.2, 0) is 0 Å². The van der Waals surface area contributed by atoms with E-state index in [4.69, 9.17) is 34.9 Å². The van der Waals surface area contributed by atoms with Crippen LogP contribution in [0.2, 0.25) is 0 Å². The molecule has 0 saturated carbocycles. The largest absolute Gasteiger partial charge is 0.253 e. The molecule has 0 N–H and O–H groups in total. The van der Waals surface area contributed by atoms with Gasteiger partial charge >= 0.3 is 0 Å². The molecule has 122 heavy (non-hydrogen) atoms. The molecule has 0 unspecified atom stereocenters. The number of benzene rings is 16. The van der Waals surface area contributed by atoms with Crippen LogP contribution < -0.4 is 0 Å². The van der Waals surface area contributed by atoms with Crippen LogP contribution in [-0.4, -0.2) is 50.1 Å². The van der Waals surface area contributed by atoms with Gasteiger partial charge in [0.1, 0.15) is 21.4 Å². The maximum atomic E-state index is 5.16. The molecule has 0 aliphatic rings. The monoisotopic (exact) mass is 1590 g/mol. The molecular formula is C110H68N10S2. The van der Waals surface area contributed by atoms with Crippen LogP contribution in [0.5, 0.6) is 0 Å². The highest BCUT2D eigenvalue weighted by atomic mass is 32.1. The van der Waals surface area contributed by atoms with Crippen molar-refractivity contribution >= 4 is 96.5 Å². The van der Waals surface area contributed by atoms with Gasteiger partial charge in [0.25, 0.3) is 0 Å². The summed E-state index contributed by atoms with van der Waals surface area (Å²) in [6.45, 7) is 0. The number of rotatable bonds is 14. The van der Waals surface area contributed by atoms with Crippen molar-refractivity contribution in [2.75, 3.05) is 0 Å². The first-order valence-electron chi connectivity index (χ1n) is 40.5. The number of hydrogen-bond donors (Lipinski definition) is 0. The fourth-order valence-corrected chi connectivity index (χ4v) is 18.4. The van der Waals surface area contributed by atoms with E-state index in [2.05, 4.69) is 355 Å². The highest BCUT2D eigenvalue weighted by Crippen LogP contribution is 2.42. The zero-order valence-corrected chi connectivity index (χ0v) is 67.2. The first kappa shape index (κ1) is 72.6. The highest BCUT2D eigenvalue weighted by Gasteiger charge is 2.20. The van der Waals surface area contributed by atoms with E-state index in [0.29, 0.717) is 17.5 Å². The fourth-order valence-electron chi connectivity index (χ4n) is 16.3. The van der Waals surface area contributed by atoms with Gasteiger partial charge in [0.05, 0.1) is 48.4 Å². The molecule has 0 aliphatic heterocycles. The van der Waals surface area contributed by atoms with Gasteiger partial charge in [-0.05, 0) is 155 Å². The van der Waals surface area contributed by atoms with E-state index in [1.54, 1.807) is 22.7 Å². The quantitative estimate of drug-likeness (QED) is 0.104. The van der Waals surface area contributed by atoms with Crippen molar-refractivity contribution < 1.29 is 0 Å². The van der Waals surface area contributed by atoms with Gasteiger partial charge in [0.2, 0.25) is 0 Å². The predicted octanol–water partition coefficient (Wildman–Crippen LogP) is 28.9. The maximum Gasteiger partial charge on any atom is 0.164 e. The number of nitrogens with zero attached hydrogens (tertiary/aromatic N) is 10. The average molecular weight is 1590 g/mol. The molecule has 0 spiro atoms. The number of aromatic nitrogens is 10. The number of para-hydroxylation sites is 3. The minimum absolute atomic E-state index is 0.619. The molecule has 23 aromatic rings. The molecule has 570 valence electrons.